The Kier molecular flexibility index (Phi) is 17.3. The van der Waals surface area contributed by atoms with E-state index in [0.29, 0.717) is 18.9 Å². The summed E-state index contributed by atoms with van der Waals surface area (Å²) in [5.74, 6) is -1.18. The van der Waals surface area contributed by atoms with Crippen LogP contribution in [0.2, 0.25) is 0 Å². The third kappa shape index (κ3) is 11.7. The van der Waals surface area contributed by atoms with Gasteiger partial charge in [-0.25, -0.2) is 4.79 Å². The lowest BCUT2D eigenvalue weighted by Gasteiger charge is -2.46. The van der Waals surface area contributed by atoms with Crippen LogP contribution in [0.1, 0.15) is 99.5 Å². The summed E-state index contributed by atoms with van der Waals surface area (Å²) < 4.78 is 12.2. The molecule has 1 aromatic rings. The van der Waals surface area contributed by atoms with Gasteiger partial charge in [0.15, 0.2) is 0 Å². The molecule has 1 aromatic carbocycles. The number of carboxylic acid groups (broad SMARTS) is 1. The van der Waals surface area contributed by atoms with Crippen molar-refractivity contribution in [2.24, 2.45) is 35.5 Å². The van der Waals surface area contributed by atoms with Gasteiger partial charge in [-0.2, -0.15) is 0 Å². The molecule has 1 saturated heterocycles. The van der Waals surface area contributed by atoms with Gasteiger partial charge in [0.25, 0.3) is 0 Å². The van der Waals surface area contributed by atoms with Crippen molar-refractivity contribution >= 4 is 23.7 Å². The second-order valence-corrected chi connectivity index (χ2v) is 16.5. The maximum atomic E-state index is 14.3. The third-order valence-electron chi connectivity index (χ3n) is 12.2. The fourth-order valence-electron chi connectivity index (χ4n) is 8.31. The van der Waals surface area contributed by atoms with Gasteiger partial charge >= 0.3 is 5.97 Å². The number of carboxylic acids is 1. The number of nitrogens with one attached hydrogen (secondary N) is 2. The van der Waals surface area contributed by atoms with Gasteiger partial charge in [0.05, 0.1) is 30.6 Å². The van der Waals surface area contributed by atoms with Crippen molar-refractivity contribution < 1.29 is 33.8 Å². The van der Waals surface area contributed by atoms with E-state index < -0.39 is 36.0 Å². The van der Waals surface area contributed by atoms with E-state index in [-0.39, 0.29) is 72.5 Å². The molecule has 10 atom stereocenters. The minimum atomic E-state index is -1.11. The van der Waals surface area contributed by atoms with Crippen molar-refractivity contribution in [3.8, 4) is 0 Å². The van der Waals surface area contributed by atoms with E-state index in [0.717, 1.165) is 31.2 Å². The first-order chi connectivity index (χ1) is 25.1. The number of aliphatic carboxylic acids is 1. The van der Waals surface area contributed by atoms with Crippen LogP contribution >= 0.6 is 0 Å². The van der Waals surface area contributed by atoms with Crippen LogP contribution < -0.4 is 10.6 Å². The average Bonchev–Trinajstić information content (AvgIpc) is 3.85. The number of ether oxygens (including phenoxy) is 2. The molecule has 3 rings (SSSR count). The van der Waals surface area contributed by atoms with Crippen LogP contribution in [-0.2, 0) is 35.1 Å². The number of carbonyl (C=O) groups is 4. The molecule has 0 aromatic heterocycles. The highest BCUT2D eigenvalue weighted by Crippen LogP contribution is 2.41. The summed E-state index contributed by atoms with van der Waals surface area (Å²) in [4.78, 5) is 57.6. The smallest absolute Gasteiger partial charge is 0.326 e. The van der Waals surface area contributed by atoms with E-state index in [1.165, 1.54) is 0 Å². The summed E-state index contributed by atoms with van der Waals surface area (Å²) in [6.45, 7) is 17.2. The van der Waals surface area contributed by atoms with Crippen LogP contribution in [0.5, 0.6) is 0 Å². The van der Waals surface area contributed by atoms with E-state index >= 15 is 0 Å². The molecule has 300 valence electrons. The van der Waals surface area contributed by atoms with Crippen molar-refractivity contribution in [1.82, 2.24) is 20.4 Å². The van der Waals surface area contributed by atoms with Crippen molar-refractivity contribution in [1.29, 1.82) is 0 Å². The first-order valence-electron chi connectivity index (χ1n) is 20.0. The average molecular weight is 743 g/mol. The SMILES string of the molecule is CC[C@H](C)[C@@H]([C@@H](CC(=O)N1CCC[C@H]1[C@H](OC)[C@@H](C)C(=O)N[C@@H](Cc1ccccc1)C(=O)O)OC)N(C)C(C1CC1)[C@@H](NC(=O)[C@@H](C)C(C)C)C(C)C. The van der Waals surface area contributed by atoms with Crippen molar-refractivity contribution in [3.63, 3.8) is 0 Å². The van der Waals surface area contributed by atoms with E-state index in [1.54, 1.807) is 21.1 Å². The molecule has 0 radical (unpaired) electrons. The molecule has 11 heteroatoms. The normalized spacial score (nSPS) is 21.4. The molecule has 1 aliphatic carbocycles. The number of methoxy groups -OCH3 is 2. The number of hydrogen-bond donors (Lipinski definition) is 3. The van der Waals surface area contributed by atoms with Gasteiger partial charge in [0.2, 0.25) is 17.7 Å². The first-order valence-corrected chi connectivity index (χ1v) is 20.0. The Hall–Kier alpha value is -3.02. The van der Waals surface area contributed by atoms with E-state index in [1.807, 2.05) is 42.2 Å². The van der Waals surface area contributed by atoms with Gasteiger partial charge in [-0.3, -0.25) is 19.3 Å². The van der Waals surface area contributed by atoms with Gasteiger partial charge in [-0.05, 0) is 62.0 Å². The highest BCUT2D eigenvalue weighted by atomic mass is 16.5. The van der Waals surface area contributed by atoms with Gasteiger partial charge in [0, 0.05) is 51.2 Å². The Morgan fingerprint density at radius 3 is 2.02 bits per heavy atom. The predicted octanol–water partition coefficient (Wildman–Crippen LogP) is 5.40. The fourth-order valence-corrected chi connectivity index (χ4v) is 8.31. The van der Waals surface area contributed by atoms with Gasteiger partial charge < -0.3 is 30.1 Å². The molecule has 0 spiro atoms. The monoisotopic (exact) mass is 743 g/mol. The number of hydrogen-bond acceptors (Lipinski definition) is 7. The molecular weight excluding hydrogens is 672 g/mol. The van der Waals surface area contributed by atoms with E-state index in [4.69, 9.17) is 9.47 Å². The Balaban J connectivity index is 1.81. The highest BCUT2D eigenvalue weighted by molar-refractivity contribution is 5.85. The summed E-state index contributed by atoms with van der Waals surface area (Å²) in [6, 6.07) is 7.74. The van der Waals surface area contributed by atoms with Crippen molar-refractivity contribution in [2.75, 3.05) is 27.8 Å². The van der Waals surface area contributed by atoms with Crippen LogP contribution in [-0.4, -0.2) is 109 Å². The largest absolute Gasteiger partial charge is 0.480 e. The zero-order chi connectivity index (χ0) is 39.6. The number of likely N-dealkylation sites (tertiary alicyclic amines) is 1. The second-order valence-electron chi connectivity index (χ2n) is 16.5. The van der Waals surface area contributed by atoms with E-state index in [9.17, 15) is 24.3 Å². The minimum absolute atomic E-state index is 0.0487. The van der Waals surface area contributed by atoms with Gasteiger partial charge in [-0.1, -0.05) is 92.1 Å². The molecule has 3 N–H and O–H groups in total. The molecule has 1 heterocycles. The predicted molar refractivity (Wildman–Crippen MR) is 208 cm³/mol. The van der Waals surface area contributed by atoms with Crippen LogP contribution in [0, 0.1) is 35.5 Å². The standard InChI is InChI=1S/C42H70N4O7/c1-12-27(6)37(45(9)38(31-20-21-31)36(26(4)5)44-40(48)28(7)25(2)3)34(52-10)24-35(47)46-22-16-19-33(46)39(53-11)29(8)41(49)43-32(42(50)51)23-30-17-14-13-15-18-30/h13-15,17-18,25-29,31-34,36-39H,12,16,19-24H2,1-11H3,(H,43,49)(H,44,48)(H,50,51)/t27-,28-,29+,32-,33-,34+,36-,37-,38?,39+/m0/s1. The topological polar surface area (TPSA) is 138 Å². The third-order valence-corrected chi connectivity index (χ3v) is 12.2. The molecule has 2 aliphatic rings. The Labute approximate surface area is 319 Å². The highest BCUT2D eigenvalue weighted by Gasteiger charge is 2.47. The maximum absolute atomic E-state index is 14.3. The quantitative estimate of drug-likeness (QED) is 0.144. The molecule has 0 bridgehead atoms. The Morgan fingerprint density at radius 1 is 0.887 bits per heavy atom. The van der Waals surface area contributed by atoms with Gasteiger partial charge in [-0.15, -0.1) is 0 Å². The zero-order valence-corrected chi connectivity index (χ0v) is 34.3. The summed E-state index contributed by atoms with van der Waals surface area (Å²) in [5, 5.41) is 16.1. The number of rotatable bonds is 22. The summed E-state index contributed by atoms with van der Waals surface area (Å²) >= 11 is 0. The summed E-state index contributed by atoms with van der Waals surface area (Å²) in [5.41, 5.74) is 0.811. The van der Waals surface area contributed by atoms with Crippen molar-refractivity contribution in [2.45, 2.75) is 143 Å². The Morgan fingerprint density at radius 2 is 1.51 bits per heavy atom. The number of carbonyl (C=O) groups excluding carboxylic acids is 3. The van der Waals surface area contributed by atoms with Gasteiger partial charge in [0.1, 0.15) is 6.04 Å². The van der Waals surface area contributed by atoms with Crippen molar-refractivity contribution in [3.05, 3.63) is 35.9 Å². The number of likely N-dealkylation sites (N-methyl/N-ethyl adjacent to an activating group) is 1. The van der Waals surface area contributed by atoms with Crippen LogP contribution in [0.25, 0.3) is 0 Å². The maximum Gasteiger partial charge on any atom is 0.326 e. The molecule has 3 amide bonds. The molecule has 1 aliphatic heterocycles. The molecule has 1 saturated carbocycles. The number of amides is 3. The van der Waals surface area contributed by atoms with Crippen LogP contribution in [0.3, 0.4) is 0 Å². The van der Waals surface area contributed by atoms with Crippen LogP contribution in [0.4, 0.5) is 0 Å². The first kappa shape index (κ1) is 44.4. The second kappa shape index (κ2) is 20.6. The molecular formula is C42H70N4O7. The van der Waals surface area contributed by atoms with E-state index in [2.05, 4.69) is 64.1 Å². The lowest BCUT2D eigenvalue weighted by Crippen LogP contribution is -2.61. The molecule has 53 heavy (non-hydrogen) atoms. The fraction of sp³-hybridized carbons (Fsp3) is 0.762. The number of nitrogens with zero attached hydrogens (tertiary/aromatic N) is 2. The molecule has 2 fully saturated rings. The molecule has 11 nitrogen and oxygen atoms in total. The van der Waals surface area contributed by atoms with Crippen LogP contribution in [0.15, 0.2) is 30.3 Å². The lowest BCUT2D eigenvalue weighted by atomic mass is 9.85. The molecule has 1 unspecified atom stereocenters. The lowest BCUT2D eigenvalue weighted by molar-refractivity contribution is -0.145. The zero-order valence-electron chi connectivity index (χ0n) is 34.3. The minimum Gasteiger partial charge on any atom is -0.480 e. The summed E-state index contributed by atoms with van der Waals surface area (Å²) in [6.07, 6.45) is 3.87. The number of benzene rings is 1. The summed E-state index contributed by atoms with van der Waals surface area (Å²) in [7, 11) is 5.37. The Bertz CT molecular complexity index is 1320.